The van der Waals surface area contributed by atoms with Crippen LogP contribution < -0.4 is 10.2 Å². The Balaban J connectivity index is 3.02. The van der Waals surface area contributed by atoms with Crippen molar-refractivity contribution in [2.75, 3.05) is 6.61 Å². The van der Waals surface area contributed by atoms with Gasteiger partial charge in [0.15, 0.2) is 5.75 Å². The number of ether oxygens (including phenoxy) is 1. The van der Waals surface area contributed by atoms with Crippen molar-refractivity contribution in [3.63, 3.8) is 0 Å². The van der Waals surface area contributed by atoms with Crippen molar-refractivity contribution in [1.82, 2.24) is 4.57 Å². The largest absolute Gasteiger partial charge is 0.484 e. The van der Waals surface area contributed by atoms with Gasteiger partial charge < -0.3 is 9.30 Å². The fourth-order valence-electron chi connectivity index (χ4n) is 1.31. The van der Waals surface area contributed by atoms with Crippen LogP contribution in [0.5, 0.6) is 5.75 Å². The summed E-state index contributed by atoms with van der Waals surface area (Å²) >= 11 is 5.75. The first-order chi connectivity index (χ1) is 7.58. The molecule has 1 heterocycles. The van der Waals surface area contributed by atoms with Crippen molar-refractivity contribution >= 4 is 11.6 Å². The van der Waals surface area contributed by atoms with E-state index in [9.17, 15) is 4.79 Å². The van der Waals surface area contributed by atoms with Crippen LogP contribution in [0.2, 0.25) is 0 Å². The van der Waals surface area contributed by atoms with E-state index < -0.39 is 0 Å². The van der Waals surface area contributed by atoms with Crippen LogP contribution in [0, 0.1) is 0 Å². The van der Waals surface area contributed by atoms with E-state index in [4.69, 9.17) is 16.3 Å². The summed E-state index contributed by atoms with van der Waals surface area (Å²) in [5.74, 6) is 0.669. The molecule has 1 aromatic rings. The van der Waals surface area contributed by atoms with E-state index in [2.05, 4.69) is 6.58 Å². The predicted molar refractivity (Wildman–Crippen MR) is 66.2 cm³/mol. The minimum absolute atomic E-state index is 0.137. The van der Waals surface area contributed by atoms with E-state index in [0.29, 0.717) is 18.2 Å². The Labute approximate surface area is 100 Å². The summed E-state index contributed by atoms with van der Waals surface area (Å²) in [5.41, 5.74) is 1.54. The topological polar surface area (TPSA) is 31.2 Å². The van der Waals surface area contributed by atoms with E-state index in [1.54, 1.807) is 6.20 Å². The third kappa shape index (κ3) is 3.14. The maximum Gasteiger partial charge on any atom is 0.223 e. The van der Waals surface area contributed by atoms with E-state index in [0.717, 1.165) is 17.8 Å². The van der Waals surface area contributed by atoms with Gasteiger partial charge in [0.2, 0.25) is 5.43 Å². The van der Waals surface area contributed by atoms with Crippen molar-refractivity contribution in [3.05, 3.63) is 40.3 Å². The van der Waals surface area contributed by atoms with Gasteiger partial charge in [0.25, 0.3) is 0 Å². The van der Waals surface area contributed by atoms with Gasteiger partial charge in [-0.3, -0.25) is 4.79 Å². The zero-order valence-electron chi connectivity index (χ0n) is 9.62. The van der Waals surface area contributed by atoms with Crippen molar-refractivity contribution in [2.45, 2.75) is 26.3 Å². The number of halogens is 1. The molecule has 1 rings (SSSR count). The molecule has 0 spiro atoms. The fraction of sp³-hybridized carbons (Fsp3) is 0.417. The molecule has 16 heavy (non-hydrogen) atoms. The molecule has 0 radical (unpaired) electrons. The predicted octanol–water partition coefficient (Wildman–Crippen LogP) is 2.56. The van der Waals surface area contributed by atoms with E-state index >= 15 is 0 Å². The highest BCUT2D eigenvalue weighted by Gasteiger charge is 2.06. The second kappa shape index (κ2) is 5.75. The molecular weight excluding hydrogens is 226 g/mol. The number of hydrogen-bond donors (Lipinski definition) is 0. The SMILES string of the molecule is C=C(C)COc1cn(CC)c(CCl)cc1=O. The maximum atomic E-state index is 11.7. The zero-order chi connectivity index (χ0) is 12.1. The summed E-state index contributed by atoms with van der Waals surface area (Å²) in [6, 6.07) is 1.52. The van der Waals surface area contributed by atoms with Gasteiger partial charge in [0.05, 0.1) is 12.1 Å². The lowest BCUT2D eigenvalue weighted by atomic mass is 10.3. The molecule has 4 heteroatoms. The zero-order valence-corrected chi connectivity index (χ0v) is 10.4. The Kier molecular flexibility index (Phi) is 4.62. The Morgan fingerprint density at radius 3 is 2.81 bits per heavy atom. The minimum atomic E-state index is -0.137. The Morgan fingerprint density at radius 2 is 2.31 bits per heavy atom. The van der Waals surface area contributed by atoms with Crippen molar-refractivity contribution in [3.8, 4) is 5.75 Å². The van der Waals surface area contributed by atoms with Crippen molar-refractivity contribution in [2.24, 2.45) is 0 Å². The molecule has 0 aliphatic carbocycles. The maximum absolute atomic E-state index is 11.7. The molecule has 0 saturated heterocycles. The lowest BCUT2D eigenvalue weighted by Crippen LogP contribution is -2.15. The molecular formula is C12H16ClNO2. The van der Waals surface area contributed by atoms with Gasteiger partial charge in [0, 0.05) is 18.3 Å². The molecule has 3 nitrogen and oxygen atoms in total. The number of alkyl halides is 1. The molecule has 0 saturated carbocycles. The summed E-state index contributed by atoms with van der Waals surface area (Å²) < 4.78 is 7.27. The summed E-state index contributed by atoms with van der Waals surface area (Å²) in [6.07, 6.45) is 1.70. The van der Waals surface area contributed by atoms with Crippen LogP contribution in [0.4, 0.5) is 0 Å². The Morgan fingerprint density at radius 1 is 1.62 bits per heavy atom. The number of hydrogen-bond acceptors (Lipinski definition) is 2. The molecule has 1 aromatic heterocycles. The molecule has 0 atom stereocenters. The highest BCUT2D eigenvalue weighted by molar-refractivity contribution is 6.16. The monoisotopic (exact) mass is 241 g/mol. The van der Waals surface area contributed by atoms with Gasteiger partial charge in [-0.2, -0.15) is 0 Å². The number of aromatic nitrogens is 1. The van der Waals surface area contributed by atoms with E-state index in [1.165, 1.54) is 6.07 Å². The molecule has 0 amide bonds. The second-order valence-electron chi connectivity index (χ2n) is 3.66. The molecule has 0 aliphatic rings. The van der Waals surface area contributed by atoms with Gasteiger partial charge in [-0.15, -0.1) is 11.6 Å². The molecule has 0 N–H and O–H groups in total. The number of aryl methyl sites for hydroxylation is 1. The normalized spacial score (nSPS) is 10.2. The standard InChI is InChI=1S/C12H16ClNO2/c1-4-14-7-12(16-8-9(2)3)11(15)5-10(14)6-13/h5,7H,2,4,6,8H2,1,3H3. The Hall–Kier alpha value is -1.22. The quantitative estimate of drug-likeness (QED) is 0.586. The number of nitrogens with zero attached hydrogens (tertiary/aromatic N) is 1. The van der Waals surface area contributed by atoms with Crippen LogP contribution in [0.1, 0.15) is 19.5 Å². The number of rotatable bonds is 5. The van der Waals surface area contributed by atoms with Crippen LogP contribution in [0.3, 0.4) is 0 Å². The van der Waals surface area contributed by atoms with Crippen LogP contribution in [0.25, 0.3) is 0 Å². The smallest absolute Gasteiger partial charge is 0.223 e. The lowest BCUT2D eigenvalue weighted by Gasteiger charge is -2.12. The average Bonchev–Trinajstić information content (AvgIpc) is 2.26. The molecule has 0 unspecified atom stereocenters. The summed E-state index contributed by atoms with van der Waals surface area (Å²) in [6.45, 7) is 8.68. The lowest BCUT2D eigenvalue weighted by molar-refractivity contribution is 0.345. The van der Waals surface area contributed by atoms with Crippen LogP contribution in [0.15, 0.2) is 29.2 Å². The van der Waals surface area contributed by atoms with Gasteiger partial charge in [0.1, 0.15) is 6.61 Å². The van der Waals surface area contributed by atoms with E-state index in [1.807, 2.05) is 18.4 Å². The van der Waals surface area contributed by atoms with Crippen LogP contribution in [-0.4, -0.2) is 11.2 Å². The van der Waals surface area contributed by atoms with Crippen LogP contribution >= 0.6 is 11.6 Å². The summed E-state index contributed by atoms with van der Waals surface area (Å²) in [5, 5.41) is 0. The highest BCUT2D eigenvalue weighted by atomic mass is 35.5. The summed E-state index contributed by atoms with van der Waals surface area (Å²) in [4.78, 5) is 11.7. The molecule has 0 aromatic carbocycles. The molecule has 0 bridgehead atoms. The third-order valence-electron chi connectivity index (χ3n) is 2.13. The first kappa shape index (κ1) is 12.8. The number of pyridine rings is 1. The highest BCUT2D eigenvalue weighted by Crippen LogP contribution is 2.09. The minimum Gasteiger partial charge on any atom is -0.484 e. The second-order valence-corrected chi connectivity index (χ2v) is 3.93. The average molecular weight is 242 g/mol. The van der Waals surface area contributed by atoms with Gasteiger partial charge in [-0.05, 0) is 19.4 Å². The van der Waals surface area contributed by atoms with Crippen molar-refractivity contribution < 1.29 is 4.74 Å². The van der Waals surface area contributed by atoms with Crippen LogP contribution in [-0.2, 0) is 12.4 Å². The molecule has 88 valence electrons. The van der Waals surface area contributed by atoms with E-state index in [-0.39, 0.29) is 5.43 Å². The van der Waals surface area contributed by atoms with Gasteiger partial charge in [-0.25, -0.2) is 0 Å². The molecule has 0 fully saturated rings. The van der Waals surface area contributed by atoms with Gasteiger partial charge in [-0.1, -0.05) is 6.58 Å². The summed E-state index contributed by atoms with van der Waals surface area (Å²) in [7, 11) is 0. The first-order valence-corrected chi connectivity index (χ1v) is 5.68. The fourth-order valence-corrected chi connectivity index (χ4v) is 1.54. The third-order valence-corrected chi connectivity index (χ3v) is 2.41. The van der Waals surface area contributed by atoms with Gasteiger partial charge >= 0.3 is 0 Å². The molecule has 0 aliphatic heterocycles. The Bertz CT molecular complexity index is 437. The first-order valence-electron chi connectivity index (χ1n) is 5.15. The van der Waals surface area contributed by atoms with Crippen molar-refractivity contribution in [1.29, 1.82) is 0 Å².